The number of ether oxygens (including phenoxy) is 4. The van der Waals surface area contributed by atoms with Crippen LogP contribution in [0.4, 0.5) is 0 Å². The van der Waals surface area contributed by atoms with E-state index in [-0.39, 0.29) is 35.8 Å². The van der Waals surface area contributed by atoms with Gasteiger partial charge in [0.15, 0.2) is 6.61 Å². The van der Waals surface area contributed by atoms with Crippen molar-refractivity contribution in [2.75, 3.05) is 6.61 Å². The molecule has 1 heterocycles. The maximum Gasteiger partial charge on any atom is 0.349 e. The summed E-state index contributed by atoms with van der Waals surface area (Å²) in [6.07, 6.45) is 0. The fourth-order valence-corrected chi connectivity index (χ4v) is 5.24. The van der Waals surface area contributed by atoms with Crippen molar-refractivity contribution in [1.82, 2.24) is 0 Å². The summed E-state index contributed by atoms with van der Waals surface area (Å²) in [5.41, 5.74) is 9.85. The Bertz CT molecular complexity index is 1770. The number of carbonyl (C=O) groups excluding carboxylic acids is 1. The molecule has 0 amide bonds. The van der Waals surface area contributed by atoms with Gasteiger partial charge in [0.05, 0.1) is 5.92 Å². The topological polar surface area (TPSA) is 104 Å². The van der Waals surface area contributed by atoms with Crippen molar-refractivity contribution in [1.29, 1.82) is 5.26 Å². The van der Waals surface area contributed by atoms with Gasteiger partial charge >= 0.3 is 5.97 Å². The molecule has 0 spiro atoms. The lowest BCUT2D eigenvalue weighted by Gasteiger charge is -2.27. The fraction of sp³-hybridized carbons (Fsp3) is 0.200. The number of nitrogens with zero attached hydrogens (tertiary/aromatic N) is 1. The van der Waals surface area contributed by atoms with E-state index in [2.05, 4.69) is 26.8 Å². The van der Waals surface area contributed by atoms with Crippen molar-refractivity contribution in [2.24, 2.45) is 5.73 Å². The molecule has 1 aliphatic heterocycles. The second kappa shape index (κ2) is 12.9. The molecule has 0 bridgehead atoms. The maximum atomic E-state index is 12.6. The number of halogens is 2. The van der Waals surface area contributed by atoms with Crippen LogP contribution < -0.4 is 24.7 Å². The van der Waals surface area contributed by atoms with Crippen molar-refractivity contribution >= 4 is 29.2 Å². The molecule has 0 fully saturated rings. The molecule has 5 rings (SSSR count). The average molecular weight is 630 g/mol. The van der Waals surface area contributed by atoms with Crippen LogP contribution in [0, 0.1) is 11.3 Å². The lowest BCUT2D eigenvalue weighted by atomic mass is 9.83. The Morgan fingerprint density at radius 1 is 0.932 bits per heavy atom. The van der Waals surface area contributed by atoms with Gasteiger partial charge in [-0.1, -0.05) is 80.4 Å². The third-order valence-electron chi connectivity index (χ3n) is 7.10. The van der Waals surface area contributed by atoms with Crippen molar-refractivity contribution in [2.45, 2.75) is 38.7 Å². The second-order valence-electron chi connectivity index (χ2n) is 11.3. The van der Waals surface area contributed by atoms with E-state index in [1.807, 2.05) is 48.5 Å². The fourth-order valence-electron chi connectivity index (χ4n) is 4.78. The van der Waals surface area contributed by atoms with Gasteiger partial charge in [-0.05, 0) is 59.0 Å². The number of carbonyl (C=O) groups is 1. The minimum Gasteiger partial charge on any atom is -0.489 e. The lowest BCUT2D eigenvalue weighted by molar-refractivity contribution is -0.136. The minimum atomic E-state index is -0.580. The van der Waals surface area contributed by atoms with Gasteiger partial charge in [-0.15, -0.1) is 0 Å². The largest absolute Gasteiger partial charge is 0.489 e. The zero-order chi connectivity index (χ0) is 31.4. The molecule has 2 N–H and O–H groups in total. The summed E-state index contributed by atoms with van der Waals surface area (Å²) < 4.78 is 22.9. The van der Waals surface area contributed by atoms with Crippen LogP contribution in [0.15, 0.2) is 96.4 Å². The van der Waals surface area contributed by atoms with Gasteiger partial charge in [0, 0.05) is 27.2 Å². The Morgan fingerprint density at radius 3 is 2.39 bits per heavy atom. The molecule has 7 nitrogen and oxygen atoms in total. The molecule has 0 saturated carbocycles. The van der Waals surface area contributed by atoms with E-state index in [1.54, 1.807) is 36.4 Å². The molecule has 0 radical (unpaired) electrons. The van der Waals surface area contributed by atoms with Gasteiger partial charge in [-0.25, -0.2) is 4.79 Å². The first-order chi connectivity index (χ1) is 21.0. The molecule has 1 aliphatic rings. The number of nitriles is 1. The maximum absolute atomic E-state index is 12.6. The lowest BCUT2D eigenvalue weighted by Crippen LogP contribution is -2.21. The van der Waals surface area contributed by atoms with E-state index >= 15 is 0 Å². The third kappa shape index (κ3) is 7.11. The van der Waals surface area contributed by atoms with E-state index in [4.69, 9.17) is 47.9 Å². The van der Waals surface area contributed by atoms with Crippen LogP contribution in [0.3, 0.4) is 0 Å². The first-order valence-electron chi connectivity index (χ1n) is 13.8. The summed E-state index contributed by atoms with van der Waals surface area (Å²) in [6, 6.07) is 27.3. The predicted octanol–water partition coefficient (Wildman–Crippen LogP) is 8.07. The van der Waals surface area contributed by atoms with Crippen molar-refractivity contribution in [3.63, 3.8) is 0 Å². The normalized spacial score (nSPS) is 14.2. The molecule has 9 heteroatoms. The average Bonchev–Trinajstić information content (AvgIpc) is 2.99. The van der Waals surface area contributed by atoms with Crippen LogP contribution in [0.2, 0.25) is 10.0 Å². The van der Waals surface area contributed by atoms with Crippen molar-refractivity contribution in [3.8, 4) is 29.1 Å². The second-order valence-corrected chi connectivity index (χ2v) is 12.1. The Hall–Kier alpha value is -4.64. The zero-order valence-corrected chi connectivity index (χ0v) is 25.9. The number of allylic oxidation sites excluding steroid dienone is 1. The van der Waals surface area contributed by atoms with Crippen LogP contribution in [0.5, 0.6) is 23.0 Å². The molecule has 1 atom stereocenters. The molecule has 0 saturated heterocycles. The Kier molecular flexibility index (Phi) is 9.05. The SMILES string of the molecule is CC(C)(C)c1ccc(OCC(=O)Oc2ccc3c(c2)OC(N)=C(C#N)C3c2cccc(OCc3ccc(Cl)cc3Cl)c2)cc1. The smallest absolute Gasteiger partial charge is 0.349 e. The monoisotopic (exact) mass is 628 g/mol. The van der Waals surface area contributed by atoms with E-state index in [0.29, 0.717) is 32.9 Å². The highest BCUT2D eigenvalue weighted by atomic mass is 35.5. The van der Waals surface area contributed by atoms with Crippen LogP contribution in [0.25, 0.3) is 0 Å². The van der Waals surface area contributed by atoms with Crippen LogP contribution in [0.1, 0.15) is 48.9 Å². The highest BCUT2D eigenvalue weighted by Gasteiger charge is 2.31. The first kappa shape index (κ1) is 30.8. The van der Waals surface area contributed by atoms with Gasteiger partial charge in [-0.2, -0.15) is 5.26 Å². The molecular weight excluding hydrogens is 599 g/mol. The number of nitrogens with two attached hydrogens (primary N) is 1. The Balaban J connectivity index is 1.30. The van der Waals surface area contributed by atoms with Gasteiger partial charge in [0.2, 0.25) is 5.88 Å². The zero-order valence-electron chi connectivity index (χ0n) is 24.4. The standard InChI is InChI=1S/C35H30Cl2N2O5/c1-35(2,3)23-8-11-25(12-9-23)42-20-32(40)43-27-13-14-28-31(17-27)44-34(39)29(18-38)33(28)21-5-4-6-26(15-21)41-19-22-7-10-24(36)16-30(22)37/h4-17,33H,19-20,39H2,1-3H3. The summed E-state index contributed by atoms with van der Waals surface area (Å²) in [7, 11) is 0. The molecule has 4 aromatic rings. The molecule has 44 heavy (non-hydrogen) atoms. The number of benzene rings is 4. The predicted molar refractivity (Wildman–Crippen MR) is 169 cm³/mol. The first-order valence-corrected chi connectivity index (χ1v) is 14.6. The van der Waals surface area contributed by atoms with Gasteiger partial charge in [0.1, 0.15) is 41.2 Å². The summed E-state index contributed by atoms with van der Waals surface area (Å²) in [5.74, 6) is 0.625. The van der Waals surface area contributed by atoms with Crippen molar-refractivity contribution < 1.29 is 23.7 Å². The summed E-state index contributed by atoms with van der Waals surface area (Å²) >= 11 is 12.3. The highest BCUT2D eigenvalue weighted by Crippen LogP contribution is 2.44. The molecule has 1 unspecified atom stereocenters. The van der Waals surface area contributed by atoms with E-state index in [9.17, 15) is 10.1 Å². The molecular formula is C35H30Cl2N2O5. The van der Waals surface area contributed by atoms with Crippen LogP contribution >= 0.6 is 23.2 Å². The van der Waals surface area contributed by atoms with Crippen LogP contribution in [-0.2, 0) is 16.8 Å². The Labute approximate surface area is 266 Å². The van der Waals surface area contributed by atoms with Gasteiger partial charge in [-0.3, -0.25) is 0 Å². The quantitative estimate of drug-likeness (QED) is 0.155. The number of hydrogen-bond acceptors (Lipinski definition) is 7. The molecule has 224 valence electrons. The minimum absolute atomic E-state index is 0.0148. The number of esters is 1. The summed E-state index contributed by atoms with van der Waals surface area (Å²) in [4.78, 5) is 12.6. The molecule has 0 aliphatic carbocycles. The van der Waals surface area contributed by atoms with Crippen LogP contribution in [-0.4, -0.2) is 12.6 Å². The summed E-state index contributed by atoms with van der Waals surface area (Å²) in [5, 5.41) is 11.0. The highest BCUT2D eigenvalue weighted by molar-refractivity contribution is 6.35. The van der Waals surface area contributed by atoms with Gasteiger partial charge in [0.25, 0.3) is 0 Å². The number of rotatable bonds is 8. The number of hydrogen-bond donors (Lipinski definition) is 1. The molecule has 0 aromatic heterocycles. The molecule has 4 aromatic carbocycles. The summed E-state index contributed by atoms with van der Waals surface area (Å²) in [6.45, 7) is 6.34. The van der Waals surface area contributed by atoms with E-state index < -0.39 is 11.9 Å². The Morgan fingerprint density at radius 2 is 1.68 bits per heavy atom. The van der Waals surface area contributed by atoms with Gasteiger partial charge < -0.3 is 24.7 Å². The third-order valence-corrected chi connectivity index (χ3v) is 7.69. The van der Waals surface area contributed by atoms with Crippen molar-refractivity contribution in [3.05, 3.63) is 129 Å². The van der Waals surface area contributed by atoms with E-state index in [0.717, 1.165) is 16.7 Å². The number of fused-ring (bicyclic) bond motifs is 1. The van der Waals surface area contributed by atoms with E-state index in [1.165, 1.54) is 0 Å².